The third kappa shape index (κ3) is 4.05. The molecule has 3 heterocycles. The second-order valence-corrected chi connectivity index (χ2v) is 9.44. The molecule has 2 aromatic rings. The van der Waals surface area contributed by atoms with Gasteiger partial charge >= 0.3 is 0 Å². The molecule has 2 saturated heterocycles. The SMILES string of the molecule is Cc1ccccc1CN1CCC(c2ccc3c(c2)CN(C2CCC(=O)NC2O)C3=O)CC1. The summed E-state index contributed by atoms with van der Waals surface area (Å²) in [5, 5.41) is 12.8. The highest BCUT2D eigenvalue weighted by Crippen LogP contribution is 2.34. The molecule has 0 aliphatic carbocycles. The minimum atomic E-state index is -0.994. The van der Waals surface area contributed by atoms with E-state index in [0.29, 0.717) is 25.3 Å². The fourth-order valence-electron chi connectivity index (χ4n) is 5.43. The zero-order valence-electron chi connectivity index (χ0n) is 18.6. The predicted molar refractivity (Wildman–Crippen MR) is 122 cm³/mol. The highest BCUT2D eigenvalue weighted by molar-refractivity contribution is 5.98. The Balaban J connectivity index is 1.23. The Morgan fingerprint density at radius 3 is 2.59 bits per heavy atom. The van der Waals surface area contributed by atoms with E-state index in [1.165, 1.54) is 16.7 Å². The zero-order chi connectivity index (χ0) is 22.2. The highest BCUT2D eigenvalue weighted by Gasteiger charge is 2.39. The first kappa shape index (κ1) is 21.2. The summed E-state index contributed by atoms with van der Waals surface area (Å²) in [5.74, 6) is 0.311. The molecule has 3 aliphatic rings. The maximum absolute atomic E-state index is 13.0. The third-order valence-corrected chi connectivity index (χ3v) is 7.42. The van der Waals surface area contributed by atoms with Gasteiger partial charge in [0.25, 0.3) is 5.91 Å². The number of fused-ring (bicyclic) bond motifs is 1. The summed E-state index contributed by atoms with van der Waals surface area (Å²) in [6.45, 7) is 5.85. The van der Waals surface area contributed by atoms with Crippen molar-refractivity contribution in [2.45, 2.75) is 63.9 Å². The number of aliphatic hydroxyl groups is 1. The summed E-state index contributed by atoms with van der Waals surface area (Å²) >= 11 is 0. The first-order valence-electron chi connectivity index (χ1n) is 11.7. The van der Waals surface area contributed by atoms with Crippen molar-refractivity contribution in [3.63, 3.8) is 0 Å². The van der Waals surface area contributed by atoms with Gasteiger partial charge in [0.05, 0.1) is 6.04 Å². The van der Waals surface area contributed by atoms with Crippen molar-refractivity contribution < 1.29 is 14.7 Å². The smallest absolute Gasteiger partial charge is 0.254 e. The standard InChI is InChI=1S/C26H31N3O3/c1-17-4-2-3-5-20(17)15-28-12-10-18(11-13-28)19-6-7-22-21(14-19)16-29(26(22)32)23-8-9-24(30)27-25(23)31/h2-7,14,18,23,25,31H,8-13,15-16H2,1H3,(H,27,30). The number of aryl methyl sites for hydroxylation is 1. The molecule has 2 atom stereocenters. The van der Waals surface area contributed by atoms with Gasteiger partial charge in [0.2, 0.25) is 5.91 Å². The van der Waals surface area contributed by atoms with Crippen LogP contribution in [-0.4, -0.2) is 52.1 Å². The molecule has 6 nitrogen and oxygen atoms in total. The molecule has 2 unspecified atom stereocenters. The van der Waals surface area contributed by atoms with E-state index in [2.05, 4.69) is 53.5 Å². The molecular formula is C26H31N3O3. The molecule has 0 radical (unpaired) electrons. The van der Waals surface area contributed by atoms with Gasteiger partial charge in [-0.2, -0.15) is 0 Å². The summed E-state index contributed by atoms with van der Waals surface area (Å²) in [6.07, 6.45) is 2.09. The predicted octanol–water partition coefficient (Wildman–Crippen LogP) is 2.93. The van der Waals surface area contributed by atoms with Crippen molar-refractivity contribution in [1.82, 2.24) is 15.1 Å². The van der Waals surface area contributed by atoms with Crippen molar-refractivity contribution in [1.29, 1.82) is 0 Å². The molecule has 0 saturated carbocycles. The van der Waals surface area contributed by atoms with Crippen LogP contribution < -0.4 is 5.32 Å². The molecule has 168 valence electrons. The van der Waals surface area contributed by atoms with Gasteiger partial charge in [-0.3, -0.25) is 14.5 Å². The number of carbonyl (C=O) groups is 2. The van der Waals surface area contributed by atoms with Crippen LogP contribution in [0.5, 0.6) is 0 Å². The van der Waals surface area contributed by atoms with Gasteiger partial charge in [-0.25, -0.2) is 0 Å². The molecule has 0 bridgehead atoms. The number of hydrogen-bond donors (Lipinski definition) is 2. The third-order valence-electron chi connectivity index (χ3n) is 7.42. The van der Waals surface area contributed by atoms with E-state index in [0.717, 1.165) is 43.6 Å². The number of benzene rings is 2. The van der Waals surface area contributed by atoms with Crippen LogP contribution in [0.25, 0.3) is 0 Å². The average Bonchev–Trinajstić information content (AvgIpc) is 3.11. The van der Waals surface area contributed by atoms with Crippen LogP contribution in [-0.2, 0) is 17.9 Å². The average molecular weight is 434 g/mol. The first-order chi connectivity index (χ1) is 15.5. The summed E-state index contributed by atoms with van der Waals surface area (Å²) in [7, 11) is 0. The minimum Gasteiger partial charge on any atom is -0.372 e. The lowest BCUT2D eigenvalue weighted by Crippen LogP contribution is -2.55. The topological polar surface area (TPSA) is 72.9 Å². The number of carbonyl (C=O) groups excluding carboxylic acids is 2. The second-order valence-electron chi connectivity index (χ2n) is 9.44. The summed E-state index contributed by atoms with van der Waals surface area (Å²) in [4.78, 5) is 28.7. The van der Waals surface area contributed by atoms with Crippen LogP contribution in [0.3, 0.4) is 0 Å². The Morgan fingerprint density at radius 1 is 1.06 bits per heavy atom. The number of amides is 2. The van der Waals surface area contributed by atoms with E-state index in [9.17, 15) is 14.7 Å². The fourth-order valence-corrected chi connectivity index (χ4v) is 5.43. The zero-order valence-corrected chi connectivity index (χ0v) is 18.6. The van der Waals surface area contributed by atoms with E-state index in [1.54, 1.807) is 4.90 Å². The quantitative estimate of drug-likeness (QED) is 0.778. The van der Waals surface area contributed by atoms with Crippen LogP contribution in [0.2, 0.25) is 0 Å². The van der Waals surface area contributed by atoms with E-state index in [1.807, 2.05) is 6.07 Å². The Morgan fingerprint density at radius 2 is 1.84 bits per heavy atom. The number of hydrogen-bond acceptors (Lipinski definition) is 4. The van der Waals surface area contributed by atoms with Gasteiger partial charge in [0, 0.05) is 25.1 Å². The maximum atomic E-state index is 13.0. The first-order valence-corrected chi connectivity index (χ1v) is 11.7. The molecule has 2 N–H and O–H groups in total. The Hall–Kier alpha value is -2.70. The molecule has 6 heteroatoms. The Kier molecular flexibility index (Phi) is 5.74. The lowest BCUT2D eigenvalue weighted by atomic mass is 9.87. The van der Waals surface area contributed by atoms with Crippen molar-refractivity contribution in [2.75, 3.05) is 13.1 Å². The van der Waals surface area contributed by atoms with E-state index in [4.69, 9.17) is 0 Å². The Labute approximate surface area is 189 Å². The van der Waals surface area contributed by atoms with E-state index in [-0.39, 0.29) is 17.9 Å². The second kappa shape index (κ2) is 8.68. The lowest BCUT2D eigenvalue weighted by molar-refractivity contribution is -0.129. The molecule has 0 spiro atoms. The number of nitrogens with zero attached hydrogens (tertiary/aromatic N) is 2. The van der Waals surface area contributed by atoms with Crippen molar-refractivity contribution in [2.24, 2.45) is 0 Å². The normalized spacial score (nSPS) is 24.5. The Bertz CT molecular complexity index is 1030. The molecule has 0 aromatic heterocycles. The molecule has 3 aliphatic heterocycles. The number of nitrogens with one attached hydrogen (secondary N) is 1. The summed E-state index contributed by atoms with van der Waals surface area (Å²) in [6, 6.07) is 14.5. The van der Waals surface area contributed by atoms with Crippen LogP contribution >= 0.6 is 0 Å². The van der Waals surface area contributed by atoms with Crippen LogP contribution in [0.15, 0.2) is 42.5 Å². The van der Waals surface area contributed by atoms with Gasteiger partial charge < -0.3 is 15.3 Å². The van der Waals surface area contributed by atoms with Gasteiger partial charge in [0.15, 0.2) is 0 Å². The van der Waals surface area contributed by atoms with E-state index < -0.39 is 6.23 Å². The van der Waals surface area contributed by atoms with Gasteiger partial charge in [0.1, 0.15) is 6.23 Å². The largest absolute Gasteiger partial charge is 0.372 e. The lowest BCUT2D eigenvalue weighted by Gasteiger charge is -2.35. The monoisotopic (exact) mass is 433 g/mol. The van der Waals surface area contributed by atoms with Crippen molar-refractivity contribution >= 4 is 11.8 Å². The molecule has 2 amide bonds. The van der Waals surface area contributed by atoms with Gasteiger partial charge in [-0.1, -0.05) is 36.4 Å². The number of likely N-dealkylation sites (tertiary alicyclic amines) is 1. The van der Waals surface area contributed by atoms with Crippen LogP contribution in [0.4, 0.5) is 0 Å². The number of rotatable bonds is 4. The van der Waals surface area contributed by atoms with E-state index >= 15 is 0 Å². The van der Waals surface area contributed by atoms with Crippen LogP contribution in [0, 0.1) is 6.92 Å². The highest BCUT2D eigenvalue weighted by atomic mass is 16.3. The fraction of sp³-hybridized carbons (Fsp3) is 0.462. The van der Waals surface area contributed by atoms with Crippen LogP contribution in [0.1, 0.15) is 64.2 Å². The van der Waals surface area contributed by atoms with Crippen molar-refractivity contribution in [3.8, 4) is 0 Å². The number of aliphatic hydroxyl groups excluding tert-OH is 1. The molecular weight excluding hydrogens is 402 g/mol. The molecule has 32 heavy (non-hydrogen) atoms. The molecule has 2 aromatic carbocycles. The number of piperidine rings is 2. The maximum Gasteiger partial charge on any atom is 0.254 e. The summed E-state index contributed by atoms with van der Waals surface area (Å²) < 4.78 is 0. The molecule has 5 rings (SSSR count). The minimum absolute atomic E-state index is 0.0419. The summed E-state index contributed by atoms with van der Waals surface area (Å²) in [5.41, 5.74) is 5.84. The van der Waals surface area contributed by atoms with Gasteiger partial charge in [-0.15, -0.1) is 0 Å². The molecule has 2 fully saturated rings. The van der Waals surface area contributed by atoms with Crippen molar-refractivity contribution in [3.05, 3.63) is 70.3 Å². The van der Waals surface area contributed by atoms with Gasteiger partial charge in [-0.05, 0) is 73.5 Å².